The van der Waals surface area contributed by atoms with Crippen LogP contribution in [0.15, 0.2) is 42.6 Å². The number of aromatic nitrogens is 3. The Bertz CT molecular complexity index is 955. The number of rotatable bonds is 5. The summed E-state index contributed by atoms with van der Waals surface area (Å²) < 4.78 is 1.89. The summed E-state index contributed by atoms with van der Waals surface area (Å²) >= 11 is 0. The number of benzene rings is 1. The number of hydrogen-bond donors (Lipinski definition) is 1. The van der Waals surface area contributed by atoms with Crippen molar-refractivity contribution in [3.05, 3.63) is 59.4 Å². The number of amides is 1. The summed E-state index contributed by atoms with van der Waals surface area (Å²) in [5, 5.41) is 8.42. The first-order valence-corrected chi connectivity index (χ1v) is 9.19. The van der Waals surface area contributed by atoms with Crippen LogP contribution >= 0.6 is 0 Å². The van der Waals surface area contributed by atoms with Gasteiger partial charge < -0.3 is 5.32 Å². The molecule has 26 heavy (non-hydrogen) atoms. The molecule has 0 spiro atoms. The number of nitrogens with one attached hydrogen (secondary N) is 1. The highest BCUT2D eigenvalue weighted by molar-refractivity contribution is 5.98. The zero-order valence-electron chi connectivity index (χ0n) is 15.5. The first kappa shape index (κ1) is 16.8. The number of pyridine rings is 1. The van der Waals surface area contributed by atoms with E-state index in [1.165, 1.54) is 5.56 Å². The summed E-state index contributed by atoms with van der Waals surface area (Å²) in [5.74, 6) is -0.0589. The lowest BCUT2D eigenvalue weighted by Crippen LogP contribution is -2.32. The first-order chi connectivity index (χ1) is 12.5. The van der Waals surface area contributed by atoms with Gasteiger partial charge in [0.05, 0.1) is 17.5 Å². The SMILES string of the molecule is Cc1nc2c(cnn2C(C)C)cc1C(=O)NCC1(c2ccccc2)CC1. The van der Waals surface area contributed by atoms with E-state index >= 15 is 0 Å². The maximum Gasteiger partial charge on any atom is 0.253 e. The minimum absolute atomic E-state index is 0.0589. The van der Waals surface area contributed by atoms with Crippen LogP contribution in [0.5, 0.6) is 0 Å². The Morgan fingerprint density at radius 2 is 2.00 bits per heavy atom. The van der Waals surface area contributed by atoms with Crippen molar-refractivity contribution in [3.8, 4) is 0 Å². The minimum Gasteiger partial charge on any atom is -0.351 e. The van der Waals surface area contributed by atoms with Crippen LogP contribution < -0.4 is 5.32 Å². The topological polar surface area (TPSA) is 59.8 Å². The molecular weight excluding hydrogens is 324 g/mol. The third kappa shape index (κ3) is 2.87. The Labute approximate surface area is 153 Å². The van der Waals surface area contributed by atoms with Crippen LogP contribution in [-0.4, -0.2) is 27.2 Å². The van der Waals surface area contributed by atoms with Gasteiger partial charge in [-0.05, 0) is 45.2 Å². The highest BCUT2D eigenvalue weighted by Gasteiger charge is 2.44. The molecule has 1 aromatic carbocycles. The number of carbonyl (C=O) groups is 1. The fraction of sp³-hybridized carbons (Fsp3) is 0.381. The lowest BCUT2D eigenvalue weighted by Gasteiger charge is -2.17. The van der Waals surface area contributed by atoms with Gasteiger partial charge in [-0.25, -0.2) is 9.67 Å². The van der Waals surface area contributed by atoms with Crippen LogP contribution in [0.4, 0.5) is 0 Å². The Morgan fingerprint density at radius 3 is 2.65 bits per heavy atom. The molecule has 0 bridgehead atoms. The molecule has 134 valence electrons. The molecule has 1 N–H and O–H groups in total. The van der Waals surface area contributed by atoms with Crippen molar-refractivity contribution in [1.29, 1.82) is 0 Å². The molecule has 0 atom stereocenters. The molecule has 1 amide bonds. The highest BCUT2D eigenvalue weighted by atomic mass is 16.1. The Morgan fingerprint density at radius 1 is 1.27 bits per heavy atom. The van der Waals surface area contributed by atoms with Crippen LogP contribution in [0, 0.1) is 6.92 Å². The normalized spacial score (nSPS) is 15.4. The van der Waals surface area contributed by atoms with E-state index in [1.54, 1.807) is 6.20 Å². The van der Waals surface area contributed by atoms with Gasteiger partial charge in [-0.1, -0.05) is 30.3 Å². The average molecular weight is 348 g/mol. The van der Waals surface area contributed by atoms with E-state index in [0.29, 0.717) is 12.1 Å². The van der Waals surface area contributed by atoms with Gasteiger partial charge in [-0.2, -0.15) is 5.10 Å². The zero-order valence-corrected chi connectivity index (χ0v) is 15.5. The third-order valence-corrected chi connectivity index (χ3v) is 5.32. The molecule has 4 rings (SSSR count). The summed E-state index contributed by atoms with van der Waals surface area (Å²) in [4.78, 5) is 17.4. The van der Waals surface area contributed by atoms with E-state index < -0.39 is 0 Å². The van der Waals surface area contributed by atoms with Crippen LogP contribution in [-0.2, 0) is 5.41 Å². The molecule has 1 saturated carbocycles. The van der Waals surface area contributed by atoms with Gasteiger partial charge in [0.2, 0.25) is 0 Å². The molecule has 1 aliphatic rings. The second-order valence-electron chi connectivity index (χ2n) is 7.55. The Balaban J connectivity index is 1.54. The first-order valence-electron chi connectivity index (χ1n) is 9.19. The molecule has 0 radical (unpaired) electrons. The van der Waals surface area contributed by atoms with E-state index in [2.05, 4.69) is 53.5 Å². The van der Waals surface area contributed by atoms with Crippen LogP contribution in [0.25, 0.3) is 11.0 Å². The molecule has 2 aromatic heterocycles. The predicted molar refractivity (Wildman–Crippen MR) is 102 cm³/mol. The van der Waals surface area contributed by atoms with Crippen molar-refractivity contribution in [2.45, 2.75) is 45.1 Å². The molecule has 0 aliphatic heterocycles. The second kappa shape index (κ2) is 6.24. The van der Waals surface area contributed by atoms with Gasteiger partial charge in [0, 0.05) is 23.4 Å². The minimum atomic E-state index is -0.0589. The van der Waals surface area contributed by atoms with E-state index in [9.17, 15) is 4.79 Å². The van der Waals surface area contributed by atoms with Crippen molar-refractivity contribution in [2.75, 3.05) is 6.54 Å². The molecule has 1 aliphatic carbocycles. The molecule has 2 heterocycles. The number of carbonyl (C=O) groups excluding carboxylic acids is 1. The molecule has 3 aromatic rings. The summed E-state index contributed by atoms with van der Waals surface area (Å²) in [6.45, 7) is 6.69. The zero-order chi connectivity index (χ0) is 18.3. The predicted octanol–water partition coefficient (Wildman–Crippen LogP) is 3.78. The maximum absolute atomic E-state index is 12.8. The quantitative estimate of drug-likeness (QED) is 0.763. The van der Waals surface area contributed by atoms with Crippen LogP contribution in [0.1, 0.15) is 54.3 Å². The van der Waals surface area contributed by atoms with Gasteiger partial charge in [0.25, 0.3) is 5.91 Å². The summed E-state index contributed by atoms with van der Waals surface area (Å²) in [6.07, 6.45) is 4.02. The molecule has 0 saturated heterocycles. The van der Waals surface area contributed by atoms with Crippen molar-refractivity contribution in [3.63, 3.8) is 0 Å². The number of nitrogens with zero attached hydrogens (tertiary/aromatic N) is 3. The molecule has 0 unspecified atom stereocenters. The van der Waals surface area contributed by atoms with Gasteiger partial charge in [0.15, 0.2) is 5.65 Å². The number of aryl methyl sites for hydroxylation is 1. The van der Waals surface area contributed by atoms with Gasteiger partial charge in [-0.3, -0.25) is 4.79 Å². The highest BCUT2D eigenvalue weighted by Crippen LogP contribution is 2.47. The van der Waals surface area contributed by atoms with E-state index in [4.69, 9.17) is 0 Å². The Hall–Kier alpha value is -2.69. The van der Waals surface area contributed by atoms with Crippen molar-refractivity contribution in [2.24, 2.45) is 0 Å². The van der Waals surface area contributed by atoms with E-state index in [-0.39, 0.29) is 17.4 Å². The lowest BCUT2D eigenvalue weighted by atomic mass is 9.96. The Kier molecular flexibility index (Phi) is 4.02. The van der Waals surface area contributed by atoms with Crippen molar-refractivity contribution in [1.82, 2.24) is 20.1 Å². The van der Waals surface area contributed by atoms with Gasteiger partial charge in [0.1, 0.15) is 0 Å². The van der Waals surface area contributed by atoms with E-state index in [1.807, 2.05) is 23.7 Å². The largest absolute Gasteiger partial charge is 0.351 e. The maximum atomic E-state index is 12.8. The van der Waals surface area contributed by atoms with E-state index in [0.717, 1.165) is 29.6 Å². The number of hydrogen-bond acceptors (Lipinski definition) is 3. The summed E-state index contributed by atoms with van der Waals surface area (Å²) in [6, 6.07) is 12.6. The molecule has 1 fully saturated rings. The monoisotopic (exact) mass is 348 g/mol. The van der Waals surface area contributed by atoms with Gasteiger partial charge in [-0.15, -0.1) is 0 Å². The van der Waals surface area contributed by atoms with Gasteiger partial charge >= 0.3 is 0 Å². The fourth-order valence-electron chi connectivity index (χ4n) is 3.53. The fourth-order valence-corrected chi connectivity index (χ4v) is 3.53. The lowest BCUT2D eigenvalue weighted by molar-refractivity contribution is 0.0949. The average Bonchev–Trinajstić information content (AvgIpc) is 3.32. The molecule has 5 nitrogen and oxygen atoms in total. The second-order valence-corrected chi connectivity index (χ2v) is 7.55. The van der Waals surface area contributed by atoms with Crippen LogP contribution in [0.2, 0.25) is 0 Å². The smallest absolute Gasteiger partial charge is 0.253 e. The van der Waals surface area contributed by atoms with Crippen LogP contribution in [0.3, 0.4) is 0 Å². The standard InChI is InChI=1S/C21H24N4O/c1-14(2)25-19-16(12-23-25)11-18(15(3)24-19)20(26)22-13-21(9-10-21)17-7-5-4-6-8-17/h4-8,11-12,14H,9-10,13H2,1-3H3,(H,22,26). The summed E-state index contributed by atoms with van der Waals surface area (Å²) in [7, 11) is 0. The van der Waals surface area contributed by atoms with Crippen molar-refractivity contribution < 1.29 is 4.79 Å². The third-order valence-electron chi connectivity index (χ3n) is 5.32. The van der Waals surface area contributed by atoms with Crippen molar-refractivity contribution >= 4 is 16.9 Å². The molecule has 5 heteroatoms. The number of fused-ring (bicyclic) bond motifs is 1. The summed E-state index contributed by atoms with van der Waals surface area (Å²) in [5.41, 5.74) is 3.61. The molecular formula is C21H24N4O.